The number of rotatable bonds is 17. The van der Waals surface area contributed by atoms with Crippen molar-refractivity contribution in [2.45, 2.75) is 241 Å². The number of Topliss-reactive ketones (excluding diaryl/α,β-unsaturated/α-hetero) is 1. The fraction of sp³-hybridized carbons (Fsp3) is 0.814. The zero-order valence-electron chi connectivity index (χ0n) is 48.3. The molecule has 0 amide bonds. The summed E-state index contributed by atoms with van der Waals surface area (Å²) in [5.74, 6) is -2.57. The average molecular weight is 1150 g/mol. The van der Waals surface area contributed by atoms with Gasteiger partial charge in [-0.15, -0.1) is 0 Å². The van der Waals surface area contributed by atoms with Gasteiger partial charge in [0.05, 0.1) is 48.8 Å². The van der Waals surface area contributed by atoms with Crippen LogP contribution in [-0.2, 0) is 76.0 Å². The monoisotopic (exact) mass is 1150 g/mol. The third-order valence-electron chi connectivity index (χ3n) is 20.0. The lowest BCUT2D eigenvalue weighted by atomic mass is 9.41. The molecule has 4 saturated carbocycles. The van der Waals surface area contributed by atoms with E-state index in [9.17, 15) is 45.0 Å². The molecule has 8 fully saturated rings. The standard InChI is InChI=1S/C59H88O22/c1-28(61)36-21-23-59(68)37-18-17-34-24-35(20-22-57(34,6)44(37)52(54(58(36,59)7)75-32(5)62)78-41(63)19-16-33-14-12-11-13-15-33)76-42-25-38(69-8)49(29(2)72-42)79-43-26-39(70-9)50(30(3)73-43)80-56-48(67)53(71-10)51(31(4)74-56)81-55-47(66)46(65)45(64)40(27-60)77-55/h11-16,19,29-31,34-40,42-56,60,64-68H,17-18,20-27H2,1-10H3/b19-16+/t29-,30-,31-,34?,35?,36-,37-,38+,39+,40-,42+,43+,44?,45-,46-,47-,48-,49-,50-,51-,52?,53+,54-,55+,56+,57+,58+,59+/m1/s1. The van der Waals surface area contributed by atoms with E-state index in [0.717, 1.165) is 12.0 Å². The molecule has 4 heterocycles. The number of fused-ring (bicyclic) bond motifs is 5. The van der Waals surface area contributed by atoms with Crippen molar-refractivity contribution in [1.29, 1.82) is 0 Å². The van der Waals surface area contributed by atoms with Crippen molar-refractivity contribution >= 4 is 23.8 Å². The van der Waals surface area contributed by atoms with Crippen LogP contribution in [0.4, 0.5) is 0 Å². The van der Waals surface area contributed by atoms with Crippen LogP contribution in [0.5, 0.6) is 0 Å². The van der Waals surface area contributed by atoms with Crippen LogP contribution in [-0.4, -0.2) is 211 Å². The largest absolute Gasteiger partial charge is 0.458 e. The van der Waals surface area contributed by atoms with Crippen molar-refractivity contribution in [2.75, 3.05) is 27.9 Å². The number of hydrogen-bond donors (Lipinski definition) is 6. The first-order valence-electron chi connectivity index (χ1n) is 29.0. The van der Waals surface area contributed by atoms with Gasteiger partial charge in [-0.2, -0.15) is 0 Å². The van der Waals surface area contributed by atoms with Gasteiger partial charge in [0.1, 0.15) is 72.9 Å². The van der Waals surface area contributed by atoms with Crippen LogP contribution in [0, 0.1) is 34.5 Å². The Hall–Kier alpha value is -3.11. The van der Waals surface area contributed by atoms with E-state index in [-0.39, 0.29) is 30.1 Å². The van der Waals surface area contributed by atoms with Crippen molar-refractivity contribution in [1.82, 2.24) is 0 Å². The number of ketones is 1. The molecule has 22 nitrogen and oxygen atoms in total. The predicted molar refractivity (Wildman–Crippen MR) is 283 cm³/mol. The number of ether oxygens (including phenoxy) is 13. The van der Waals surface area contributed by atoms with Crippen molar-refractivity contribution in [3.05, 3.63) is 42.0 Å². The Morgan fingerprint density at radius 1 is 0.654 bits per heavy atom. The molecule has 0 bridgehead atoms. The first-order chi connectivity index (χ1) is 38.5. The topological polar surface area (TPSA) is 293 Å². The number of methoxy groups -OCH3 is 3. The molecule has 22 heteroatoms. The maximum Gasteiger partial charge on any atom is 0.331 e. The van der Waals surface area contributed by atoms with E-state index in [1.54, 1.807) is 27.0 Å². The molecular formula is C59H88O22. The fourth-order valence-electron chi connectivity index (χ4n) is 15.8. The number of benzene rings is 1. The van der Waals surface area contributed by atoms with Gasteiger partial charge in [0, 0.05) is 64.4 Å². The van der Waals surface area contributed by atoms with Crippen molar-refractivity contribution < 1.29 is 107 Å². The second-order valence-corrected chi connectivity index (χ2v) is 24.5. The van der Waals surface area contributed by atoms with E-state index >= 15 is 0 Å². The molecule has 81 heavy (non-hydrogen) atoms. The lowest BCUT2D eigenvalue weighted by Gasteiger charge is -2.66. The Labute approximate surface area is 474 Å². The quantitative estimate of drug-likeness (QED) is 0.0743. The lowest BCUT2D eigenvalue weighted by molar-refractivity contribution is -0.373. The average Bonchev–Trinajstić information content (AvgIpc) is 4.02. The van der Waals surface area contributed by atoms with Crippen LogP contribution in [0.15, 0.2) is 36.4 Å². The molecule has 4 saturated heterocycles. The highest BCUT2D eigenvalue weighted by Gasteiger charge is 2.76. The first-order valence-corrected chi connectivity index (χ1v) is 29.0. The highest BCUT2D eigenvalue weighted by atomic mass is 16.8. The molecule has 0 aromatic heterocycles. The van der Waals surface area contributed by atoms with E-state index in [0.29, 0.717) is 44.9 Å². The Morgan fingerprint density at radius 2 is 1.27 bits per heavy atom. The molecule has 4 unspecified atom stereocenters. The number of aliphatic hydroxyl groups is 6. The van der Waals surface area contributed by atoms with Crippen LogP contribution in [0.2, 0.25) is 0 Å². The SMILES string of the molecule is CO[C@H]1[C@@H](O)[C@H](O[C@H]2[C@@H](OC)C[C@H](O[C@H]3[C@@H](OC)C[C@H](OC4CC[C@@]5(C)C(CC[C@@H]6C5C(OC(=O)/C=C/c5ccccc5)[C@@H](OC(C)=O)[C@]5(C)[C@@H](C(C)=O)CC[C@]65O)C4)O[C@@H]3C)O[C@@H]2C)O[C@H](C)[C@H]1O[C@@H]1O[C@H](CO)[C@@H](O)[C@@H](O)[C@H]1O. The molecule has 9 rings (SSSR count). The summed E-state index contributed by atoms with van der Waals surface area (Å²) in [5.41, 5.74) is -2.25. The Kier molecular flexibility index (Phi) is 19.6. The second-order valence-electron chi connectivity index (χ2n) is 24.5. The molecule has 456 valence electrons. The lowest BCUT2D eigenvalue weighted by Crippen LogP contribution is -2.73. The van der Waals surface area contributed by atoms with Gasteiger partial charge in [-0.25, -0.2) is 4.79 Å². The summed E-state index contributed by atoms with van der Waals surface area (Å²) in [6, 6.07) is 9.39. The molecule has 28 atom stereocenters. The number of hydrogen-bond acceptors (Lipinski definition) is 22. The maximum atomic E-state index is 14.0. The molecule has 4 aliphatic carbocycles. The number of carbonyl (C=O) groups is 3. The molecule has 1 aromatic carbocycles. The second kappa shape index (κ2) is 25.5. The maximum absolute atomic E-state index is 14.0. The van der Waals surface area contributed by atoms with Gasteiger partial charge < -0.3 is 92.2 Å². The van der Waals surface area contributed by atoms with Crippen molar-refractivity contribution in [3.8, 4) is 0 Å². The van der Waals surface area contributed by atoms with Crippen LogP contribution in [0.3, 0.4) is 0 Å². The van der Waals surface area contributed by atoms with Gasteiger partial charge in [-0.05, 0) is 102 Å². The van der Waals surface area contributed by atoms with Gasteiger partial charge in [-0.1, -0.05) is 44.2 Å². The number of esters is 2. The summed E-state index contributed by atoms with van der Waals surface area (Å²) < 4.78 is 81.1. The van der Waals surface area contributed by atoms with E-state index in [1.165, 1.54) is 34.1 Å². The Balaban J connectivity index is 0.831. The minimum absolute atomic E-state index is 0.0746. The third-order valence-corrected chi connectivity index (χ3v) is 20.0. The van der Waals surface area contributed by atoms with Crippen molar-refractivity contribution in [2.24, 2.45) is 34.5 Å². The molecule has 6 N–H and O–H groups in total. The van der Waals surface area contributed by atoms with E-state index in [4.69, 9.17) is 61.6 Å². The summed E-state index contributed by atoms with van der Waals surface area (Å²) >= 11 is 0. The summed E-state index contributed by atoms with van der Waals surface area (Å²) in [7, 11) is 4.52. The first kappa shape index (κ1) is 62.4. The third kappa shape index (κ3) is 12.0. The molecule has 4 aliphatic heterocycles. The number of aliphatic hydroxyl groups excluding tert-OH is 5. The van der Waals surface area contributed by atoms with E-state index in [1.807, 2.05) is 44.2 Å². The Bertz CT molecular complexity index is 2330. The molecule has 8 aliphatic rings. The fourth-order valence-corrected chi connectivity index (χ4v) is 15.8. The number of carbonyl (C=O) groups excluding carboxylic acids is 3. The minimum atomic E-state index is -1.68. The normalized spacial score (nSPS) is 48.1. The zero-order valence-corrected chi connectivity index (χ0v) is 48.3. The highest BCUT2D eigenvalue weighted by molar-refractivity contribution is 5.87. The molecule has 0 spiro atoms. The van der Waals surface area contributed by atoms with E-state index < -0.39 is 170 Å². The summed E-state index contributed by atoms with van der Waals surface area (Å²) in [4.78, 5) is 40.5. The molecular weight excluding hydrogens is 1060 g/mol. The molecule has 0 radical (unpaired) electrons. The van der Waals surface area contributed by atoms with Gasteiger partial charge in [0.2, 0.25) is 0 Å². The van der Waals surface area contributed by atoms with Gasteiger partial charge in [0.15, 0.2) is 25.2 Å². The Morgan fingerprint density at radius 3 is 1.89 bits per heavy atom. The summed E-state index contributed by atoms with van der Waals surface area (Å²) in [6.07, 6.45) is -12.6. The summed E-state index contributed by atoms with van der Waals surface area (Å²) in [5, 5.41) is 65.6. The zero-order chi connectivity index (χ0) is 58.5. The van der Waals surface area contributed by atoms with Gasteiger partial charge >= 0.3 is 11.9 Å². The van der Waals surface area contributed by atoms with Crippen molar-refractivity contribution in [3.63, 3.8) is 0 Å². The van der Waals surface area contributed by atoms with Crippen LogP contribution in [0.25, 0.3) is 6.08 Å². The van der Waals surface area contributed by atoms with Crippen LogP contribution < -0.4 is 0 Å². The van der Waals surface area contributed by atoms with Gasteiger partial charge in [-0.3, -0.25) is 9.59 Å². The van der Waals surface area contributed by atoms with Crippen LogP contribution in [0.1, 0.15) is 112 Å². The van der Waals surface area contributed by atoms with E-state index in [2.05, 4.69) is 6.92 Å². The summed E-state index contributed by atoms with van der Waals surface area (Å²) in [6.45, 7) is 11.6. The highest BCUT2D eigenvalue weighted by Crippen LogP contribution is 2.70. The molecule has 1 aromatic rings. The van der Waals surface area contributed by atoms with Gasteiger partial charge in [0.25, 0.3) is 0 Å². The smallest absolute Gasteiger partial charge is 0.331 e. The minimum Gasteiger partial charge on any atom is -0.458 e. The predicted octanol–water partition coefficient (Wildman–Crippen LogP) is 2.89. The van der Waals surface area contributed by atoms with Crippen LogP contribution >= 0.6 is 0 Å².